The maximum Gasteiger partial charge on any atom is 0.240 e. The number of methoxy groups -OCH3 is 1. The van der Waals surface area contributed by atoms with E-state index in [-0.39, 0.29) is 66.2 Å². The van der Waals surface area contributed by atoms with Gasteiger partial charge in [-0.05, 0) is 86.4 Å². The second-order valence-electron chi connectivity index (χ2n) is 11.5. The lowest BCUT2D eigenvalue weighted by molar-refractivity contribution is -0.117. The van der Waals surface area contributed by atoms with Crippen molar-refractivity contribution in [3.8, 4) is 5.75 Å². The number of ether oxygens (including phenoxy) is 2. The number of amides is 1. The standard InChI is InChI=1S/C33H42ClFN4O6S/c1-22(40)18-36-19-26(39-46(42,43)28-10-8-27(44-2)9-11-28)7-12-29-31(35)20-37-21-32(29)38-33(41)17-30(24-13-15-45-16-14-24)23-3-5-25(34)6-4-23/h3-6,8-11,20-22,24,26,30,36,39-40H,7,12-19H2,1-2H3,(H,38,41)/t22?,26-,30?/m0/s1. The number of aliphatic hydroxyl groups excluding tert-OH is 1. The number of sulfonamides is 1. The summed E-state index contributed by atoms with van der Waals surface area (Å²) in [5, 5.41) is 16.2. The fraction of sp³-hybridized carbons (Fsp3) is 0.455. The first kappa shape index (κ1) is 35.7. The van der Waals surface area contributed by atoms with E-state index in [9.17, 15) is 18.3 Å². The van der Waals surface area contributed by atoms with E-state index in [1.165, 1.54) is 25.4 Å². The summed E-state index contributed by atoms with van der Waals surface area (Å²) in [5.41, 5.74) is 1.46. The molecule has 0 saturated carbocycles. The van der Waals surface area contributed by atoms with Gasteiger partial charge in [0.15, 0.2) is 0 Å². The zero-order chi connectivity index (χ0) is 33.1. The van der Waals surface area contributed by atoms with Gasteiger partial charge in [-0.15, -0.1) is 0 Å². The van der Waals surface area contributed by atoms with E-state index in [4.69, 9.17) is 21.1 Å². The van der Waals surface area contributed by atoms with Crippen molar-refractivity contribution in [2.24, 2.45) is 5.92 Å². The number of hydrogen-bond acceptors (Lipinski definition) is 8. The molecule has 0 radical (unpaired) electrons. The fourth-order valence-corrected chi connectivity index (χ4v) is 7.04. The summed E-state index contributed by atoms with van der Waals surface area (Å²) in [4.78, 5) is 17.5. The van der Waals surface area contributed by atoms with Crippen molar-refractivity contribution in [1.29, 1.82) is 0 Å². The molecular formula is C33H42ClFN4O6S. The summed E-state index contributed by atoms with van der Waals surface area (Å²) >= 11 is 6.12. The second kappa shape index (κ2) is 17.1. The molecule has 0 spiro atoms. The smallest absolute Gasteiger partial charge is 0.240 e. The zero-order valence-electron chi connectivity index (χ0n) is 26.0. The third kappa shape index (κ3) is 10.4. The molecule has 46 heavy (non-hydrogen) atoms. The third-order valence-electron chi connectivity index (χ3n) is 8.08. The predicted octanol–water partition coefficient (Wildman–Crippen LogP) is 4.67. The number of pyridine rings is 1. The number of nitrogens with zero attached hydrogens (tertiary/aromatic N) is 1. The highest BCUT2D eigenvalue weighted by Crippen LogP contribution is 2.36. The largest absolute Gasteiger partial charge is 0.497 e. The van der Waals surface area contributed by atoms with Gasteiger partial charge in [0.1, 0.15) is 11.6 Å². The molecule has 1 saturated heterocycles. The number of anilines is 1. The van der Waals surface area contributed by atoms with E-state index in [2.05, 4.69) is 20.3 Å². The number of aromatic nitrogens is 1. The Kier molecular flexibility index (Phi) is 13.3. The number of nitrogens with one attached hydrogen (secondary N) is 3. The molecule has 1 aliphatic heterocycles. The quantitative estimate of drug-likeness (QED) is 0.172. The molecule has 4 N–H and O–H groups in total. The second-order valence-corrected chi connectivity index (χ2v) is 13.7. The molecule has 1 aromatic heterocycles. The van der Waals surface area contributed by atoms with Crippen LogP contribution in [0.4, 0.5) is 10.1 Å². The Balaban J connectivity index is 1.49. The van der Waals surface area contributed by atoms with Gasteiger partial charge in [0.25, 0.3) is 0 Å². The van der Waals surface area contributed by atoms with E-state index < -0.39 is 28.0 Å². The number of aliphatic hydroxyl groups is 1. The lowest BCUT2D eigenvalue weighted by atomic mass is 9.79. The van der Waals surface area contributed by atoms with Crippen LogP contribution in [0.5, 0.6) is 5.75 Å². The van der Waals surface area contributed by atoms with Crippen molar-refractivity contribution < 1.29 is 32.2 Å². The van der Waals surface area contributed by atoms with Crippen LogP contribution in [0.15, 0.2) is 65.8 Å². The highest BCUT2D eigenvalue weighted by Gasteiger charge is 2.28. The van der Waals surface area contributed by atoms with Crippen molar-refractivity contribution in [3.63, 3.8) is 0 Å². The van der Waals surface area contributed by atoms with Crippen molar-refractivity contribution in [2.75, 3.05) is 38.7 Å². The highest BCUT2D eigenvalue weighted by molar-refractivity contribution is 7.89. The van der Waals surface area contributed by atoms with Crippen LogP contribution in [0, 0.1) is 11.7 Å². The molecule has 1 amide bonds. The maximum atomic E-state index is 15.2. The van der Waals surface area contributed by atoms with Crippen molar-refractivity contribution >= 4 is 33.2 Å². The van der Waals surface area contributed by atoms with E-state index >= 15 is 4.39 Å². The summed E-state index contributed by atoms with van der Waals surface area (Å²) < 4.78 is 55.0. The van der Waals surface area contributed by atoms with Gasteiger partial charge in [-0.2, -0.15) is 0 Å². The molecule has 2 aromatic carbocycles. The topological polar surface area (TPSA) is 139 Å². The molecule has 13 heteroatoms. The Morgan fingerprint density at radius 2 is 1.80 bits per heavy atom. The summed E-state index contributed by atoms with van der Waals surface area (Å²) in [6.45, 7) is 3.30. The molecule has 250 valence electrons. The van der Waals surface area contributed by atoms with Crippen LogP contribution in [0.3, 0.4) is 0 Å². The number of carbonyl (C=O) groups is 1. The third-order valence-corrected chi connectivity index (χ3v) is 9.87. The Morgan fingerprint density at radius 1 is 1.11 bits per heavy atom. The minimum absolute atomic E-state index is 0.0524. The average Bonchev–Trinajstić information content (AvgIpc) is 3.04. The maximum absolute atomic E-state index is 15.2. The van der Waals surface area contributed by atoms with Crippen LogP contribution in [0.1, 0.15) is 49.7 Å². The van der Waals surface area contributed by atoms with Gasteiger partial charge in [-0.3, -0.25) is 9.78 Å². The number of carbonyl (C=O) groups excluding carboxylic acids is 1. The molecule has 1 aliphatic rings. The van der Waals surface area contributed by atoms with Crippen LogP contribution >= 0.6 is 11.6 Å². The van der Waals surface area contributed by atoms with Gasteiger partial charge in [0, 0.05) is 49.4 Å². The van der Waals surface area contributed by atoms with Gasteiger partial charge in [-0.25, -0.2) is 17.5 Å². The van der Waals surface area contributed by atoms with Gasteiger partial charge in [-0.1, -0.05) is 23.7 Å². The Hall–Kier alpha value is -3.13. The first-order valence-electron chi connectivity index (χ1n) is 15.4. The Morgan fingerprint density at radius 3 is 2.46 bits per heavy atom. The van der Waals surface area contributed by atoms with Crippen molar-refractivity contribution in [2.45, 2.75) is 62.0 Å². The van der Waals surface area contributed by atoms with Crippen LogP contribution in [0.2, 0.25) is 5.02 Å². The first-order valence-corrected chi connectivity index (χ1v) is 17.2. The minimum Gasteiger partial charge on any atom is -0.497 e. The van der Waals surface area contributed by atoms with Gasteiger partial charge < -0.3 is 25.2 Å². The normalized spacial score (nSPS) is 16.0. The van der Waals surface area contributed by atoms with Crippen LogP contribution in [-0.2, 0) is 26.0 Å². The summed E-state index contributed by atoms with van der Waals surface area (Å²) in [7, 11) is -2.44. The van der Waals surface area contributed by atoms with Crippen LogP contribution in [0.25, 0.3) is 0 Å². The van der Waals surface area contributed by atoms with E-state index in [0.717, 1.165) is 24.6 Å². The van der Waals surface area contributed by atoms with E-state index in [1.807, 2.05) is 24.3 Å². The number of halogens is 2. The van der Waals surface area contributed by atoms with Crippen LogP contribution < -0.4 is 20.1 Å². The molecule has 0 aliphatic carbocycles. The SMILES string of the molecule is COc1ccc(S(=O)(=O)N[C@@H](CCc2c(F)cncc2NC(=O)CC(c2ccc(Cl)cc2)C2CCOCC2)CNCC(C)O)cc1. The summed E-state index contributed by atoms with van der Waals surface area (Å²) in [5.74, 6) is -0.216. The van der Waals surface area contributed by atoms with E-state index in [1.54, 1.807) is 19.1 Å². The van der Waals surface area contributed by atoms with Crippen molar-refractivity contribution in [1.82, 2.24) is 15.0 Å². The van der Waals surface area contributed by atoms with Gasteiger partial charge >= 0.3 is 0 Å². The summed E-state index contributed by atoms with van der Waals surface area (Å²) in [6, 6.07) is 12.8. The molecule has 2 unspecified atom stereocenters. The molecule has 4 rings (SSSR count). The van der Waals surface area contributed by atoms with Crippen LogP contribution in [-0.4, -0.2) is 70.0 Å². The molecule has 10 nitrogen and oxygen atoms in total. The predicted molar refractivity (Wildman–Crippen MR) is 175 cm³/mol. The number of benzene rings is 2. The van der Waals surface area contributed by atoms with Gasteiger partial charge in [0.05, 0.1) is 36.2 Å². The Bertz CT molecular complexity index is 1520. The molecule has 2 heterocycles. The first-order chi connectivity index (χ1) is 22.1. The average molecular weight is 677 g/mol. The Labute approximate surface area is 275 Å². The van der Waals surface area contributed by atoms with Crippen molar-refractivity contribution in [3.05, 3.63) is 82.9 Å². The summed E-state index contributed by atoms with van der Waals surface area (Å²) in [6.07, 6.45) is 3.97. The van der Waals surface area contributed by atoms with Gasteiger partial charge in [0.2, 0.25) is 15.9 Å². The molecule has 3 atom stereocenters. The number of hydrogen-bond donors (Lipinski definition) is 4. The lowest BCUT2D eigenvalue weighted by Crippen LogP contribution is -2.43. The number of rotatable bonds is 16. The fourth-order valence-electron chi connectivity index (χ4n) is 5.64. The monoisotopic (exact) mass is 676 g/mol. The molecule has 0 bridgehead atoms. The van der Waals surface area contributed by atoms with E-state index in [0.29, 0.717) is 24.0 Å². The molecular weight excluding hydrogens is 635 g/mol. The zero-order valence-corrected chi connectivity index (χ0v) is 27.6. The highest BCUT2D eigenvalue weighted by atomic mass is 35.5. The lowest BCUT2D eigenvalue weighted by Gasteiger charge is -2.30. The molecule has 3 aromatic rings. The minimum atomic E-state index is -3.93. The molecule has 1 fully saturated rings.